The number of nitrogens with zero attached hydrogens (tertiary/aromatic N) is 2. The third-order valence-electron chi connectivity index (χ3n) is 3.13. The zero-order valence-corrected chi connectivity index (χ0v) is 15.7. The number of hydrogen-bond donors (Lipinski definition) is 0. The molecule has 2 aromatic rings. The second kappa shape index (κ2) is 8.81. The van der Waals surface area contributed by atoms with Gasteiger partial charge in [0, 0.05) is 16.7 Å². The Bertz CT molecular complexity index is 760. The van der Waals surface area contributed by atoms with Gasteiger partial charge in [0.1, 0.15) is 11.6 Å². The molecule has 0 aromatic heterocycles. The Morgan fingerprint density at radius 3 is 2.54 bits per heavy atom. The van der Waals surface area contributed by atoms with Crippen molar-refractivity contribution in [3.8, 4) is 11.8 Å². The molecule has 0 heterocycles. The number of nitriles is 1. The van der Waals surface area contributed by atoms with Gasteiger partial charge < -0.3 is 9.64 Å². The third kappa shape index (κ3) is 5.05. The number of carbonyl (C=O) groups is 1. The van der Waals surface area contributed by atoms with Crippen LogP contribution in [0.3, 0.4) is 0 Å². The number of anilines is 1. The molecule has 2 aromatic carbocycles. The molecule has 1 amide bonds. The number of hydrogen-bond acceptors (Lipinski definition) is 3. The Balaban J connectivity index is 2.10. The van der Waals surface area contributed by atoms with Crippen molar-refractivity contribution in [2.75, 3.05) is 18.1 Å². The van der Waals surface area contributed by atoms with Gasteiger partial charge in [0.25, 0.3) is 5.91 Å². The number of carbonyl (C=O) groups excluding carboxylic acids is 1. The molecule has 0 fully saturated rings. The van der Waals surface area contributed by atoms with E-state index in [4.69, 9.17) is 10.00 Å². The molecule has 7 heteroatoms. The van der Waals surface area contributed by atoms with E-state index in [1.54, 1.807) is 12.1 Å². The van der Waals surface area contributed by atoms with Crippen LogP contribution in [0.4, 0.5) is 10.1 Å². The second-order valence-corrected chi connectivity index (χ2v) is 6.56. The molecule has 0 N–H and O–H groups in total. The van der Waals surface area contributed by atoms with Crippen LogP contribution >= 0.6 is 31.9 Å². The van der Waals surface area contributed by atoms with Gasteiger partial charge in [0.15, 0.2) is 6.61 Å². The van der Waals surface area contributed by atoms with Gasteiger partial charge in [-0.25, -0.2) is 4.39 Å². The summed E-state index contributed by atoms with van der Waals surface area (Å²) in [5, 5.41) is 8.77. The zero-order chi connectivity index (χ0) is 17.5. The Morgan fingerprint density at radius 2 is 1.92 bits per heavy atom. The Morgan fingerprint density at radius 1 is 1.21 bits per heavy atom. The number of rotatable bonds is 6. The van der Waals surface area contributed by atoms with Gasteiger partial charge in [-0.05, 0) is 58.4 Å². The topological polar surface area (TPSA) is 53.3 Å². The summed E-state index contributed by atoms with van der Waals surface area (Å²) in [4.78, 5) is 13.9. The lowest BCUT2D eigenvalue weighted by molar-refractivity contribution is -0.120. The van der Waals surface area contributed by atoms with Gasteiger partial charge in [-0.2, -0.15) is 5.26 Å². The van der Waals surface area contributed by atoms with E-state index in [1.165, 1.54) is 29.2 Å². The predicted octanol–water partition coefficient (Wildman–Crippen LogP) is 4.68. The summed E-state index contributed by atoms with van der Waals surface area (Å²) >= 11 is 6.71. The molecule has 2 rings (SSSR count). The van der Waals surface area contributed by atoms with Gasteiger partial charge in [-0.3, -0.25) is 4.79 Å². The number of amides is 1. The van der Waals surface area contributed by atoms with Crippen LogP contribution in [-0.2, 0) is 4.79 Å². The lowest BCUT2D eigenvalue weighted by atomic mass is 10.2. The van der Waals surface area contributed by atoms with Crippen LogP contribution < -0.4 is 9.64 Å². The molecule has 0 atom stereocenters. The molecule has 0 saturated carbocycles. The van der Waals surface area contributed by atoms with Crippen molar-refractivity contribution in [1.82, 2.24) is 0 Å². The number of halogens is 3. The molecular formula is C17H13Br2FN2O2. The Labute approximate surface area is 156 Å². The fourth-order valence-electron chi connectivity index (χ4n) is 1.99. The summed E-state index contributed by atoms with van der Waals surface area (Å²) in [7, 11) is 0. The summed E-state index contributed by atoms with van der Waals surface area (Å²) in [5.41, 5.74) is 0.523. The van der Waals surface area contributed by atoms with Crippen LogP contribution in [0.2, 0.25) is 0 Å². The first kappa shape index (κ1) is 18.4. The van der Waals surface area contributed by atoms with Crippen molar-refractivity contribution >= 4 is 43.5 Å². The Hall–Kier alpha value is -1.91. The summed E-state index contributed by atoms with van der Waals surface area (Å²) in [6.45, 7) is 0.0227. The van der Waals surface area contributed by atoms with E-state index >= 15 is 0 Å². The maximum Gasteiger partial charge on any atom is 0.264 e. The molecule has 0 radical (unpaired) electrons. The van der Waals surface area contributed by atoms with E-state index in [9.17, 15) is 9.18 Å². The molecule has 24 heavy (non-hydrogen) atoms. The van der Waals surface area contributed by atoms with Crippen molar-refractivity contribution in [2.24, 2.45) is 0 Å². The largest absolute Gasteiger partial charge is 0.483 e. The average molecular weight is 456 g/mol. The highest BCUT2D eigenvalue weighted by molar-refractivity contribution is 9.11. The van der Waals surface area contributed by atoms with Crippen molar-refractivity contribution < 1.29 is 13.9 Å². The molecule has 0 saturated heterocycles. The van der Waals surface area contributed by atoms with Crippen LogP contribution in [0.1, 0.15) is 6.42 Å². The highest BCUT2D eigenvalue weighted by Crippen LogP contribution is 2.28. The van der Waals surface area contributed by atoms with Crippen molar-refractivity contribution in [1.29, 1.82) is 5.26 Å². The summed E-state index contributed by atoms with van der Waals surface area (Å²) in [6, 6.07) is 12.9. The van der Waals surface area contributed by atoms with Crippen molar-refractivity contribution in [3.05, 3.63) is 57.2 Å². The van der Waals surface area contributed by atoms with Crippen LogP contribution in [-0.4, -0.2) is 19.1 Å². The first-order chi connectivity index (χ1) is 11.5. The minimum Gasteiger partial charge on any atom is -0.483 e. The predicted molar refractivity (Wildman–Crippen MR) is 96.3 cm³/mol. The minimum atomic E-state index is -0.388. The maximum absolute atomic E-state index is 13.1. The quantitative estimate of drug-likeness (QED) is 0.635. The minimum absolute atomic E-state index is 0.172. The van der Waals surface area contributed by atoms with Gasteiger partial charge in [-0.1, -0.05) is 15.9 Å². The van der Waals surface area contributed by atoms with Crippen molar-refractivity contribution in [3.63, 3.8) is 0 Å². The average Bonchev–Trinajstić information content (AvgIpc) is 2.56. The van der Waals surface area contributed by atoms with Crippen LogP contribution in [0.25, 0.3) is 0 Å². The van der Waals surface area contributed by atoms with Gasteiger partial charge in [0.2, 0.25) is 0 Å². The fraction of sp³-hybridized carbons (Fsp3) is 0.176. The molecule has 0 aliphatic heterocycles. The van der Waals surface area contributed by atoms with Crippen LogP contribution in [0.5, 0.6) is 5.75 Å². The molecule has 0 aliphatic carbocycles. The Kier molecular flexibility index (Phi) is 6.76. The first-order valence-electron chi connectivity index (χ1n) is 7.02. The monoisotopic (exact) mass is 454 g/mol. The molecular weight excluding hydrogens is 443 g/mol. The van der Waals surface area contributed by atoms with Gasteiger partial charge >= 0.3 is 0 Å². The smallest absolute Gasteiger partial charge is 0.264 e. The maximum atomic E-state index is 13.1. The zero-order valence-electron chi connectivity index (χ0n) is 12.5. The number of ether oxygens (including phenoxy) is 1. The molecule has 0 bridgehead atoms. The van der Waals surface area contributed by atoms with Crippen LogP contribution in [0.15, 0.2) is 51.4 Å². The normalized spacial score (nSPS) is 10.1. The van der Waals surface area contributed by atoms with E-state index in [0.29, 0.717) is 11.4 Å². The number of benzene rings is 2. The summed E-state index contributed by atoms with van der Waals surface area (Å²) in [6.07, 6.45) is 0.172. The molecule has 0 aliphatic rings. The van der Waals surface area contributed by atoms with E-state index in [2.05, 4.69) is 31.9 Å². The van der Waals surface area contributed by atoms with E-state index in [0.717, 1.165) is 8.95 Å². The first-order valence-corrected chi connectivity index (χ1v) is 8.60. The lowest BCUT2D eigenvalue weighted by Crippen LogP contribution is -2.35. The lowest BCUT2D eigenvalue weighted by Gasteiger charge is -2.22. The van der Waals surface area contributed by atoms with Gasteiger partial charge in [0.05, 0.1) is 17.0 Å². The summed E-state index contributed by atoms with van der Waals surface area (Å²) in [5.74, 6) is -0.168. The fourth-order valence-corrected chi connectivity index (χ4v) is 3.15. The van der Waals surface area contributed by atoms with Crippen molar-refractivity contribution in [2.45, 2.75) is 6.42 Å². The molecule has 0 spiro atoms. The molecule has 124 valence electrons. The van der Waals surface area contributed by atoms with E-state index < -0.39 is 0 Å². The van der Waals surface area contributed by atoms with Crippen LogP contribution in [0, 0.1) is 17.1 Å². The van der Waals surface area contributed by atoms with E-state index in [-0.39, 0.29) is 31.3 Å². The molecule has 4 nitrogen and oxygen atoms in total. The highest BCUT2D eigenvalue weighted by atomic mass is 79.9. The standard InChI is InChI=1S/C17H13Br2FN2O2/c18-12-2-7-16(15(19)10-12)24-11-17(23)22(9-1-8-21)14-5-3-13(20)4-6-14/h2-7,10H,1,9,11H2. The van der Waals surface area contributed by atoms with Gasteiger partial charge in [-0.15, -0.1) is 0 Å². The molecule has 0 unspecified atom stereocenters. The SMILES string of the molecule is N#CCCN(C(=O)COc1ccc(Br)cc1Br)c1ccc(F)cc1. The third-order valence-corrected chi connectivity index (χ3v) is 4.24. The summed E-state index contributed by atoms with van der Waals surface area (Å²) < 4.78 is 20.2. The highest BCUT2D eigenvalue weighted by Gasteiger charge is 2.17. The van der Waals surface area contributed by atoms with E-state index in [1.807, 2.05) is 12.1 Å². The second-order valence-electron chi connectivity index (χ2n) is 4.79.